The molecule has 0 saturated heterocycles. The molecule has 2 aromatic carbocycles. The number of nitro benzene ring substituents is 1. The van der Waals surface area contributed by atoms with E-state index in [9.17, 15) is 19.7 Å². The van der Waals surface area contributed by atoms with Crippen LogP contribution in [0.1, 0.15) is 10.8 Å². The van der Waals surface area contributed by atoms with E-state index in [2.05, 4.69) is 4.74 Å². The van der Waals surface area contributed by atoms with Crippen LogP contribution in [0.15, 0.2) is 53.4 Å². The number of rotatable bonds is 7. The van der Waals surface area contributed by atoms with E-state index >= 15 is 0 Å². The Morgan fingerprint density at radius 2 is 1.72 bits per heavy atom. The summed E-state index contributed by atoms with van der Waals surface area (Å²) < 4.78 is 9.59. The number of carbonyl (C=O) groups is 2. The van der Waals surface area contributed by atoms with E-state index in [0.717, 1.165) is 18.9 Å². The van der Waals surface area contributed by atoms with Gasteiger partial charge in [-0.1, -0.05) is 24.3 Å². The van der Waals surface area contributed by atoms with Crippen LogP contribution in [-0.4, -0.2) is 30.9 Å². The number of para-hydroxylation sites is 1. The van der Waals surface area contributed by atoms with Crippen LogP contribution in [0.5, 0.6) is 5.75 Å². The fourth-order valence-electron chi connectivity index (χ4n) is 2.09. The summed E-state index contributed by atoms with van der Waals surface area (Å²) in [5, 5.41) is 10.2. The Morgan fingerprint density at radius 1 is 1.08 bits per heavy atom. The average molecular weight is 361 g/mol. The van der Waals surface area contributed by atoms with E-state index in [1.54, 1.807) is 30.3 Å². The third-order valence-corrected chi connectivity index (χ3v) is 4.67. The number of carbonyl (C=O) groups excluding carboxylic acids is 2. The zero-order valence-electron chi connectivity index (χ0n) is 13.5. The summed E-state index contributed by atoms with van der Waals surface area (Å²) in [6.07, 6.45) is 0. The molecule has 0 saturated carbocycles. The molecular weight excluding hydrogens is 346 g/mol. The van der Waals surface area contributed by atoms with Crippen molar-refractivity contribution in [3.8, 4) is 5.75 Å². The van der Waals surface area contributed by atoms with Crippen LogP contribution in [0.4, 0.5) is 5.69 Å². The number of Topliss-reactive ketones (excluding diaryl/α,β-unsaturated/α-hetero) is 1. The van der Waals surface area contributed by atoms with Gasteiger partial charge < -0.3 is 9.47 Å². The Balaban J connectivity index is 2.43. The second kappa shape index (κ2) is 8.29. The molecule has 0 heterocycles. The van der Waals surface area contributed by atoms with Crippen molar-refractivity contribution in [3.05, 3.63) is 64.2 Å². The maximum Gasteiger partial charge on any atom is 0.375 e. The third kappa shape index (κ3) is 4.36. The highest BCUT2D eigenvalue weighted by Gasteiger charge is 2.31. The molecule has 2 aromatic rings. The molecule has 0 amide bonds. The second-order valence-electron chi connectivity index (χ2n) is 4.85. The van der Waals surface area contributed by atoms with E-state index in [-0.39, 0.29) is 10.6 Å². The highest BCUT2D eigenvalue weighted by atomic mass is 32.2. The van der Waals surface area contributed by atoms with Crippen LogP contribution in [-0.2, 0) is 14.3 Å². The lowest BCUT2D eigenvalue weighted by Gasteiger charge is -2.15. The zero-order chi connectivity index (χ0) is 18.4. The number of esters is 1. The molecule has 25 heavy (non-hydrogen) atoms. The van der Waals surface area contributed by atoms with Crippen molar-refractivity contribution in [2.75, 3.05) is 14.2 Å². The first-order chi connectivity index (χ1) is 12.0. The fourth-order valence-corrected chi connectivity index (χ4v) is 3.26. The molecule has 7 nitrogen and oxygen atoms in total. The van der Waals surface area contributed by atoms with Crippen molar-refractivity contribution < 1.29 is 24.0 Å². The summed E-state index contributed by atoms with van der Waals surface area (Å²) in [6.45, 7) is 0. The molecule has 8 heteroatoms. The Bertz CT molecular complexity index is 790. The average Bonchev–Trinajstić information content (AvgIpc) is 2.65. The fraction of sp³-hybridized carbons (Fsp3) is 0.176. The number of benzene rings is 2. The summed E-state index contributed by atoms with van der Waals surface area (Å²) in [7, 11) is 2.62. The quantitative estimate of drug-likeness (QED) is 0.246. The lowest BCUT2D eigenvalue weighted by atomic mass is 10.1. The summed E-state index contributed by atoms with van der Waals surface area (Å²) in [6, 6.07) is 12.6. The van der Waals surface area contributed by atoms with Gasteiger partial charge in [0.05, 0.1) is 24.0 Å². The maximum atomic E-state index is 12.4. The molecule has 0 spiro atoms. The van der Waals surface area contributed by atoms with Gasteiger partial charge in [-0.05, 0) is 23.8 Å². The molecule has 0 aliphatic heterocycles. The van der Waals surface area contributed by atoms with Crippen molar-refractivity contribution in [2.45, 2.75) is 10.1 Å². The molecule has 1 atom stereocenters. The summed E-state index contributed by atoms with van der Waals surface area (Å²) in [5.74, 6) is -1.22. The largest absolute Gasteiger partial charge is 0.497 e. The number of hydrogen-bond donors (Lipinski definition) is 0. The molecule has 1 unspecified atom stereocenters. The lowest BCUT2D eigenvalue weighted by molar-refractivity contribution is -0.387. The number of hydrogen-bond acceptors (Lipinski definition) is 7. The SMILES string of the molecule is COC(=O)C(=O)C(Sc1ccccc1[N+](=O)[O-])c1ccc(OC)cc1. The van der Waals surface area contributed by atoms with Gasteiger partial charge in [-0.2, -0.15) is 0 Å². The lowest BCUT2D eigenvalue weighted by Crippen LogP contribution is -2.21. The Kier molecular flexibility index (Phi) is 6.13. The van der Waals surface area contributed by atoms with Gasteiger partial charge in [0.25, 0.3) is 11.5 Å². The first-order valence-corrected chi connectivity index (χ1v) is 8.02. The first kappa shape index (κ1) is 18.5. The van der Waals surface area contributed by atoms with Crippen LogP contribution in [0.2, 0.25) is 0 Å². The second-order valence-corrected chi connectivity index (χ2v) is 6.00. The number of ketones is 1. The molecule has 2 rings (SSSR count). The molecule has 0 fully saturated rings. The van der Waals surface area contributed by atoms with Crippen molar-refractivity contribution in [1.29, 1.82) is 0 Å². The maximum absolute atomic E-state index is 12.4. The molecular formula is C17H15NO6S. The van der Waals surface area contributed by atoms with E-state index in [1.165, 1.54) is 25.3 Å². The molecule has 0 aliphatic carbocycles. The molecule has 0 aliphatic rings. The van der Waals surface area contributed by atoms with Gasteiger partial charge in [0.2, 0.25) is 0 Å². The van der Waals surface area contributed by atoms with Crippen molar-refractivity contribution in [2.24, 2.45) is 0 Å². The highest BCUT2D eigenvalue weighted by molar-refractivity contribution is 8.00. The van der Waals surface area contributed by atoms with Crippen molar-refractivity contribution in [1.82, 2.24) is 0 Å². The normalized spacial score (nSPS) is 11.4. The van der Waals surface area contributed by atoms with Crippen LogP contribution in [0, 0.1) is 10.1 Å². The van der Waals surface area contributed by atoms with Gasteiger partial charge in [-0.3, -0.25) is 14.9 Å². The number of methoxy groups -OCH3 is 2. The first-order valence-electron chi connectivity index (χ1n) is 7.14. The zero-order valence-corrected chi connectivity index (χ0v) is 14.3. The Hall–Kier alpha value is -2.87. The van der Waals surface area contributed by atoms with Gasteiger partial charge in [0.1, 0.15) is 11.0 Å². The van der Waals surface area contributed by atoms with Gasteiger partial charge in [0, 0.05) is 6.07 Å². The third-order valence-electron chi connectivity index (χ3n) is 3.35. The van der Waals surface area contributed by atoms with Crippen molar-refractivity contribution in [3.63, 3.8) is 0 Å². The number of nitrogens with zero attached hydrogens (tertiary/aromatic N) is 1. The van der Waals surface area contributed by atoms with E-state index in [0.29, 0.717) is 11.3 Å². The van der Waals surface area contributed by atoms with E-state index in [4.69, 9.17) is 4.74 Å². The predicted molar refractivity (Wildman–Crippen MR) is 91.7 cm³/mol. The molecule has 0 aromatic heterocycles. The molecule has 130 valence electrons. The molecule has 0 radical (unpaired) electrons. The van der Waals surface area contributed by atoms with Gasteiger partial charge in [-0.15, -0.1) is 11.8 Å². The minimum atomic E-state index is -1.01. The van der Waals surface area contributed by atoms with E-state index < -0.39 is 21.9 Å². The van der Waals surface area contributed by atoms with E-state index in [1.807, 2.05) is 0 Å². The smallest absolute Gasteiger partial charge is 0.375 e. The van der Waals surface area contributed by atoms with Crippen LogP contribution >= 0.6 is 11.8 Å². The summed E-state index contributed by atoms with van der Waals surface area (Å²) in [5.41, 5.74) is 0.378. The van der Waals surface area contributed by atoms with Crippen LogP contribution < -0.4 is 4.74 Å². The Labute approximate surface area is 148 Å². The van der Waals surface area contributed by atoms with Crippen LogP contribution in [0.25, 0.3) is 0 Å². The van der Waals surface area contributed by atoms with Crippen LogP contribution in [0.3, 0.4) is 0 Å². The van der Waals surface area contributed by atoms with Gasteiger partial charge in [-0.25, -0.2) is 4.79 Å². The predicted octanol–water partition coefficient (Wildman–Crippen LogP) is 3.18. The topological polar surface area (TPSA) is 95.7 Å². The van der Waals surface area contributed by atoms with Crippen molar-refractivity contribution >= 4 is 29.2 Å². The molecule has 0 bridgehead atoms. The Morgan fingerprint density at radius 3 is 2.28 bits per heavy atom. The number of nitro groups is 1. The minimum absolute atomic E-state index is 0.135. The van der Waals surface area contributed by atoms with Gasteiger partial charge in [0.15, 0.2) is 0 Å². The standard InChI is InChI=1S/C17H15NO6S/c1-23-12-9-7-11(8-10-12)16(15(19)17(20)24-2)25-14-6-4-3-5-13(14)18(21)22/h3-10,16H,1-2H3. The van der Waals surface area contributed by atoms with Gasteiger partial charge >= 0.3 is 5.97 Å². The minimum Gasteiger partial charge on any atom is -0.497 e. The summed E-state index contributed by atoms with van der Waals surface area (Å²) >= 11 is 0.929. The highest BCUT2D eigenvalue weighted by Crippen LogP contribution is 2.40. The number of ether oxygens (including phenoxy) is 2. The monoisotopic (exact) mass is 361 g/mol. The number of thioether (sulfide) groups is 1. The molecule has 0 N–H and O–H groups in total. The summed E-state index contributed by atoms with van der Waals surface area (Å²) in [4.78, 5) is 35.1.